The van der Waals surface area contributed by atoms with Crippen LogP contribution in [0.25, 0.3) is 11.2 Å². The molecule has 2 aromatic heterocycles. The van der Waals surface area contributed by atoms with Gasteiger partial charge in [0.2, 0.25) is 11.9 Å². The molecule has 190 valence electrons. The summed E-state index contributed by atoms with van der Waals surface area (Å²) in [4.78, 5) is 35.7. The molecule has 11 heteroatoms. The van der Waals surface area contributed by atoms with Gasteiger partial charge >= 0.3 is 0 Å². The number of nitrogens with zero attached hydrogens (tertiary/aromatic N) is 3. The quantitative estimate of drug-likeness (QED) is 0.447. The Morgan fingerprint density at radius 2 is 2.00 bits per heavy atom. The van der Waals surface area contributed by atoms with E-state index in [9.17, 15) is 19.8 Å². The average Bonchev–Trinajstić information content (AvgIpc) is 3.25. The molecule has 3 rings (SSSR count). The van der Waals surface area contributed by atoms with Crippen LogP contribution in [0.5, 0.6) is 0 Å². The van der Waals surface area contributed by atoms with E-state index in [1.165, 1.54) is 10.9 Å². The number of amides is 1. The largest absolute Gasteiger partial charge is 0.394 e. The Balaban J connectivity index is 1.93. The Morgan fingerprint density at radius 3 is 2.59 bits per heavy atom. The molecule has 1 amide bonds. The van der Waals surface area contributed by atoms with E-state index >= 15 is 0 Å². The Kier molecular flexibility index (Phi) is 7.51. The van der Waals surface area contributed by atoms with Gasteiger partial charge in [-0.2, -0.15) is 4.98 Å². The molecule has 1 fully saturated rings. The second-order valence-electron chi connectivity index (χ2n) is 11.3. The number of rotatable bonds is 8. The van der Waals surface area contributed by atoms with E-state index in [4.69, 9.17) is 9.47 Å². The van der Waals surface area contributed by atoms with Crippen molar-refractivity contribution in [2.75, 3.05) is 18.5 Å². The maximum atomic E-state index is 12.6. The Hall–Kier alpha value is -2.34. The van der Waals surface area contributed by atoms with Crippen molar-refractivity contribution in [2.45, 2.75) is 79.4 Å². The van der Waals surface area contributed by atoms with Crippen molar-refractivity contribution in [3.8, 4) is 0 Å². The fourth-order valence-corrected chi connectivity index (χ4v) is 4.51. The van der Waals surface area contributed by atoms with Crippen LogP contribution in [0.4, 0.5) is 5.95 Å². The molecule has 11 nitrogen and oxygen atoms in total. The molecule has 0 radical (unpaired) electrons. The van der Waals surface area contributed by atoms with Gasteiger partial charge in [-0.05, 0) is 17.3 Å². The van der Waals surface area contributed by atoms with Crippen LogP contribution < -0.4 is 10.9 Å². The minimum Gasteiger partial charge on any atom is -0.394 e. The predicted molar refractivity (Wildman–Crippen MR) is 126 cm³/mol. The number of aliphatic hydroxyl groups excluding tert-OH is 2. The Bertz CT molecular complexity index is 1070. The topological polar surface area (TPSA) is 152 Å². The Morgan fingerprint density at radius 1 is 1.32 bits per heavy atom. The molecule has 4 N–H and O–H groups in total. The van der Waals surface area contributed by atoms with Crippen molar-refractivity contribution in [1.82, 2.24) is 19.5 Å². The zero-order valence-corrected chi connectivity index (χ0v) is 21.0. The molecular weight excluding hydrogens is 442 g/mol. The number of aromatic amines is 1. The van der Waals surface area contributed by atoms with E-state index < -0.39 is 36.7 Å². The SMILES string of the molecule is CC(C)C(=O)Nc1nc2c(ncn2[C@@H]2O[C@H](CO)C(O)C2OCC(C)(C)CC(C)(C)C)c(=O)[nH]1. The van der Waals surface area contributed by atoms with Crippen molar-refractivity contribution in [1.29, 1.82) is 0 Å². The highest BCUT2D eigenvalue weighted by atomic mass is 16.6. The molecule has 3 heterocycles. The summed E-state index contributed by atoms with van der Waals surface area (Å²) < 4.78 is 13.6. The van der Waals surface area contributed by atoms with Gasteiger partial charge in [0, 0.05) is 5.92 Å². The number of carbonyl (C=O) groups is 1. The maximum absolute atomic E-state index is 12.6. The number of anilines is 1. The zero-order valence-electron chi connectivity index (χ0n) is 21.0. The second kappa shape index (κ2) is 9.73. The van der Waals surface area contributed by atoms with Crippen LogP contribution in [0.3, 0.4) is 0 Å². The highest BCUT2D eigenvalue weighted by Gasteiger charge is 2.46. The minimum atomic E-state index is -1.10. The number of H-pyrrole nitrogens is 1. The monoisotopic (exact) mass is 479 g/mol. The van der Waals surface area contributed by atoms with E-state index in [-0.39, 0.29) is 39.8 Å². The fourth-order valence-electron chi connectivity index (χ4n) is 4.51. The van der Waals surface area contributed by atoms with Gasteiger partial charge in [-0.3, -0.25) is 24.5 Å². The lowest BCUT2D eigenvalue weighted by Crippen LogP contribution is -2.38. The molecule has 1 saturated heterocycles. The minimum absolute atomic E-state index is 0.0148. The lowest BCUT2D eigenvalue weighted by Gasteiger charge is -2.34. The molecule has 0 spiro atoms. The van der Waals surface area contributed by atoms with E-state index in [1.807, 2.05) is 0 Å². The highest BCUT2D eigenvalue weighted by Crippen LogP contribution is 2.37. The molecule has 2 unspecified atom stereocenters. The van der Waals surface area contributed by atoms with E-state index in [2.05, 4.69) is 54.9 Å². The Labute approximate surface area is 198 Å². The lowest BCUT2D eigenvalue weighted by atomic mass is 9.77. The summed E-state index contributed by atoms with van der Waals surface area (Å²) in [6.45, 7) is 14.0. The molecule has 1 aliphatic rings. The normalized spacial score (nSPS) is 23.7. The first-order valence-electron chi connectivity index (χ1n) is 11.6. The molecule has 1 aliphatic heterocycles. The summed E-state index contributed by atoms with van der Waals surface area (Å²) >= 11 is 0. The number of aromatic nitrogens is 4. The summed E-state index contributed by atoms with van der Waals surface area (Å²) in [6, 6.07) is 0. The smallest absolute Gasteiger partial charge is 0.280 e. The number of imidazole rings is 1. The van der Waals surface area contributed by atoms with Crippen molar-refractivity contribution < 1.29 is 24.5 Å². The maximum Gasteiger partial charge on any atom is 0.280 e. The van der Waals surface area contributed by atoms with Crippen LogP contribution in [0, 0.1) is 16.7 Å². The van der Waals surface area contributed by atoms with Crippen LogP contribution >= 0.6 is 0 Å². The molecule has 4 atom stereocenters. The van der Waals surface area contributed by atoms with E-state index in [1.54, 1.807) is 13.8 Å². The molecular formula is C23H37N5O6. The molecule has 0 bridgehead atoms. The van der Waals surface area contributed by atoms with Gasteiger partial charge in [-0.25, -0.2) is 4.98 Å². The first-order valence-corrected chi connectivity index (χ1v) is 11.6. The average molecular weight is 480 g/mol. The molecule has 2 aromatic rings. The third-order valence-corrected chi connectivity index (χ3v) is 5.64. The van der Waals surface area contributed by atoms with Gasteiger partial charge in [0.25, 0.3) is 5.56 Å². The highest BCUT2D eigenvalue weighted by molar-refractivity contribution is 5.91. The van der Waals surface area contributed by atoms with Gasteiger partial charge in [-0.15, -0.1) is 0 Å². The van der Waals surface area contributed by atoms with Crippen LogP contribution in [-0.2, 0) is 14.3 Å². The third kappa shape index (κ3) is 5.83. The van der Waals surface area contributed by atoms with Crippen LogP contribution in [0.1, 0.15) is 61.1 Å². The van der Waals surface area contributed by atoms with Gasteiger partial charge in [0.05, 0.1) is 19.5 Å². The molecule has 0 aliphatic carbocycles. The van der Waals surface area contributed by atoms with Gasteiger partial charge in [0.1, 0.15) is 18.3 Å². The summed E-state index contributed by atoms with van der Waals surface area (Å²) in [7, 11) is 0. The van der Waals surface area contributed by atoms with Gasteiger partial charge < -0.3 is 19.7 Å². The predicted octanol–water partition coefficient (Wildman–Crippen LogP) is 1.81. The summed E-state index contributed by atoms with van der Waals surface area (Å²) in [5.41, 5.74) is -0.391. The standard InChI is InChI=1S/C23H37N5O6/c1-12(2)18(31)26-21-25-17-14(19(32)27-21)24-11-28(17)20-16(15(30)13(8-29)34-20)33-10-23(6,7)9-22(3,4)5/h11-13,15-16,20,29-30H,8-10H2,1-7H3,(H2,25,26,27,31,32)/t13-,15?,16?,20-/m1/s1. The van der Waals surface area contributed by atoms with Crippen LogP contribution in [0.15, 0.2) is 11.1 Å². The number of aliphatic hydroxyl groups is 2. The second-order valence-corrected chi connectivity index (χ2v) is 11.3. The molecule has 0 saturated carbocycles. The van der Waals surface area contributed by atoms with Crippen molar-refractivity contribution in [3.63, 3.8) is 0 Å². The summed E-state index contributed by atoms with van der Waals surface area (Å²) in [5, 5.41) is 23.1. The first kappa shape index (κ1) is 26.3. The van der Waals surface area contributed by atoms with Crippen LogP contribution in [-0.4, -0.2) is 67.2 Å². The number of nitrogens with one attached hydrogen (secondary N) is 2. The summed E-state index contributed by atoms with van der Waals surface area (Å²) in [5.74, 6) is -0.624. The van der Waals surface area contributed by atoms with Gasteiger partial charge in [-0.1, -0.05) is 48.5 Å². The lowest BCUT2D eigenvalue weighted by molar-refractivity contribution is -0.118. The van der Waals surface area contributed by atoms with E-state index in [0.717, 1.165) is 6.42 Å². The van der Waals surface area contributed by atoms with Crippen molar-refractivity contribution in [2.24, 2.45) is 16.7 Å². The third-order valence-electron chi connectivity index (χ3n) is 5.64. The number of fused-ring (bicyclic) bond motifs is 1. The summed E-state index contributed by atoms with van der Waals surface area (Å²) in [6.07, 6.45) is -1.41. The zero-order chi connectivity index (χ0) is 25.4. The first-order chi connectivity index (χ1) is 15.7. The molecule has 34 heavy (non-hydrogen) atoms. The van der Waals surface area contributed by atoms with Crippen molar-refractivity contribution in [3.05, 3.63) is 16.7 Å². The van der Waals surface area contributed by atoms with Gasteiger partial charge in [0.15, 0.2) is 17.4 Å². The number of ether oxygens (including phenoxy) is 2. The van der Waals surface area contributed by atoms with E-state index in [0.29, 0.717) is 6.61 Å². The number of hydrogen-bond donors (Lipinski definition) is 4. The van der Waals surface area contributed by atoms with Crippen LogP contribution in [0.2, 0.25) is 0 Å². The fraction of sp³-hybridized carbons (Fsp3) is 0.739. The molecule has 0 aromatic carbocycles. The number of carbonyl (C=O) groups excluding carboxylic acids is 1. The van der Waals surface area contributed by atoms with Crippen molar-refractivity contribution >= 4 is 23.0 Å². The number of hydrogen-bond acceptors (Lipinski definition) is 8.